The molecule has 1 rings (SSSR count). The summed E-state index contributed by atoms with van der Waals surface area (Å²) >= 11 is 0. The van der Waals surface area contributed by atoms with Gasteiger partial charge in [0.2, 0.25) is 0 Å². The molecule has 0 fully saturated rings. The number of ether oxygens (including phenoxy) is 1. The first kappa shape index (κ1) is 17.3. The van der Waals surface area contributed by atoms with Gasteiger partial charge in [0.05, 0.1) is 6.61 Å². The normalized spacial score (nSPS) is 11.6. The van der Waals surface area contributed by atoms with E-state index in [1.165, 1.54) is 5.56 Å². The zero-order valence-corrected chi connectivity index (χ0v) is 13.8. The Kier molecular flexibility index (Phi) is 8.32. The maximum Gasteiger partial charge on any atom is 0.191 e. The van der Waals surface area contributed by atoms with Crippen molar-refractivity contribution in [2.24, 2.45) is 4.99 Å². The number of hydrogen-bond donors (Lipinski definition) is 2. The molecule has 0 heterocycles. The second-order valence-electron chi connectivity index (χ2n) is 5.43. The van der Waals surface area contributed by atoms with Gasteiger partial charge in [-0.05, 0) is 52.7 Å². The van der Waals surface area contributed by atoms with E-state index in [1.807, 2.05) is 12.1 Å². The van der Waals surface area contributed by atoms with Crippen LogP contribution < -0.4 is 15.4 Å². The van der Waals surface area contributed by atoms with Crippen LogP contribution in [0.1, 0.15) is 39.2 Å². The monoisotopic (exact) mass is 291 g/mol. The van der Waals surface area contributed by atoms with Gasteiger partial charge in [0, 0.05) is 19.1 Å². The van der Waals surface area contributed by atoms with Gasteiger partial charge in [-0.3, -0.25) is 4.99 Å². The highest BCUT2D eigenvalue weighted by atomic mass is 16.5. The van der Waals surface area contributed by atoms with Gasteiger partial charge in [0.15, 0.2) is 5.96 Å². The smallest absolute Gasteiger partial charge is 0.191 e. The maximum absolute atomic E-state index is 5.70. The Morgan fingerprint density at radius 3 is 2.52 bits per heavy atom. The van der Waals surface area contributed by atoms with Gasteiger partial charge < -0.3 is 15.4 Å². The molecule has 0 aromatic heterocycles. The topological polar surface area (TPSA) is 45.7 Å². The van der Waals surface area contributed by atoms with Crippen molar-refractivity contribution in [3.63, 3.8) is 0 Å². The number of nitrogens with zero attached hydrogens (tertiary/aromatic N) is 1. The van der Waals surface area contributed by atoms with Crippen molar-refractivity contribution in [1.82, 2.24) is 10.6 Å². The van der Waals surface area contributed by atoms with E-state index < -0.39 is 0 Å². The molecule has 0 amide bonds. The number of aliphatic imine (C=N–C) groups is 1. The summed E-state index contributed by atoms with van der Waals surface area (Å²) in [7, 11) is 0. The van der Waals surface area contributed by atoms with Crippen molar-refractivity contribution in [2.75, 3.05) is 19.7 Å². The van der Waals surface area contributed by atoms with E-state index in [1.54, 1.807) is 0 Å². The number of rotatable bonds is 8. The Morgan fingerprint density at radius 1 is 1.19 bits per heavy atom. The summed E-state index contributed by atoms with van der Waals surface area (Å²) < 4.78 is 5.70. The molecule has 0 radical (unpaired) electrons. The summed E-state index contributed by atoms with van der Waals surface area (Å²) in [6.45, 7) is 10.8. The first-order valence-corrected chi connectivity index (χ1v) is 7.86. The highest BCUT2D eigenvalue weighted by molar-refractivity contribution is 5.79. The van der Waals surface area contributed by atoms with Gasteiger partial charge in [0.25, 0.3) is 0 Å². The molecule has 2 N–H and O–H groups in total. The fourth-order valence-corrected chi connectivity index (χ4v) is 1.82. The van der Waals surface area contributed by atoms with E-state index in [4.69, 9.17) is 4.74 Å². The summed E-state index contributed by atoms with van der Waals surface area (Å²) in [5.41, 5.74) is 1.25. The molecule has 0 aliphatic heterocycles. The van der Waals surface area contributed by atoms with Crippen LogP contribution in [0.25, 0.3) is 0 Å². The molecule has 1 aromatic rings. The van der Waals surface area contributed by atoms with Crippen LogP contribution in [0.3, 0.4) is 0 Å². The molecule has 0 unspecified atom stereocenters. The molecular weight excluding hydrogens is 262 g/mol. The van der Waals surface area contributed by atoms with Gasteiger partial charge in [0.1, 0.15) is 5.75 Å². The van der Waals surface area contributed by atoms with Crippen LogP contribution in [-0.4, -0.2) is 31.7 Å². The Hall–Kier alpha value is -1.71. The Labute approximate surface area is 129 Å². The van der Waals surface area contributed by atoms with Gasteiger partial charge in [-0.2, -0.15) is 0 Å². The number of benzene rings is 1. The van der Waals surface area contributed by atoms with Crippen LogP contribution in [0, 0.1) is 6.92 Å². The van der Waals surface area contributed by atoms with Crippen LogP contribution >= 0.6 is 0 Å². The van der Waals surface area contributed by atoms with E-state index in [0.717, 1.165) is 44.2 Å². The number of hydrogen-bond acceptors (Lipinski definition) is 2. The molecule has 0 aliphatic carbocycles. The average molecular weight is 291 g/mol. The lowest BCUT2D eigenvalue weighted by molar-refractivity contribution is 0.308. The molecule has 0 spiro atoms. The van der Waals surface area contributed by atoms with Crippen molar-refractivity contribution < 1.29 is 4.74 Å². The summed E-state index contributed by atoms with van der Waals surface area (Å²) in [4.78, 5) is 4.55. The van der Waals surface area contributed by atoms with Crippen LogP contribution in [-0.2, 0) is 0 Å². The number of unbranched alkanes of at least 4 members (excludes halogenated alkanes) is 1. The van der Waals surface area contributed by atoms with Gasteiger partial charge in [-0.1, -0.05) is 17.7 Å². The molecule has 0 saturated carbocycles. The predicted molar refractivity (Wildman–Crippen MR) is 90.2 cm³/mol. The minimum atomic E-state index is 0.396. The summed E-state index contributed by atoms with van der Waals surface area (Å²) in [6, 6.07) is 8.57. The van der Waals surface area contributed by atoms with Gasteiger partial charge in [-0.25, -0.2) is 0 Å². The Morgan fingerprint density at radius 2 is 1.90 bits per heavy atom. The lowest BCUT2D eigenvalue weighted by Crippen LogP contribution is -2.41. The van der Waals surface area contributed by atoms with E-state index in [2.05, 4.69) is 55.5 Å². The summed E-state index contributed by atoms with van der Waals surface area (Å²) in [5, 5.41) is 6.55. The molecule has 0 bridgehead atoms. The quantitative estimate of drug-likeness (QED) is 0.439. The van der Waals surface area contributed by atoms with Crippen molar-refractivity contribution in [3.05, 3.63) is 29.8 Å². The third-order valence-corrected chi connectivity index (χ3v) is 2.88. The Balaban J connectivity index is 2.18. The second-order valence-corrected chi connectivity index (χ2v) is 5.43. The molecule has 0 atom stereocenters. The summed E-state index contributed by atoms with van der Waals surface area (Å²) in [5.74, 6) is 1.84. The van der Waals surface area contributed by atoms with Crippen molar-refractivity contribution >= 4 is 5.96 Å². The summed E-state index contributed by atoms with van der Waals surface area (Å²) in [6.07, 6.45) is 2.04. The molecule has 0 saturated heterocycles. The first-order valence-electron chi connectivity index (χ1n) is 7.86. The largest absolute Gasteiger partial charge is 0.494 e. The average Bonchev–Trinajstić information content (AvgIpc) is 2.44. The Bertz CT molecular complexity index is 413. The van der Waals surface area contributed by atoms with Crippen LogP contribution in [0.15, 0.2) is 29.3 Å². The van der Waals surface area contributed by atoms with E-state index in [0.29, 0.717) is 6.04 Å². The van der Waals surface area contributed by atoms with E-state index >= 15 is 0 Å². The molecule has 21 heavy (non-hydrogen) atoms. The van der Waals surface area contributed by atoms with Crippen LogP contribution in [0.2, 0.25) is 0 Å². The van der Waals surface area contributed by atoms with Gasteiger partial charge >= 0.3 is 0 Å². The highest BCUT2D eigenvalue weighted by Crippen LogP contribution is 2.11. The zero-order valence-electron chi connectivity index (χ0n) is 13.8. The fraction of sp³-hybridized carbons (Fsp3) is 0.588. The lowest BCUT2D eigenvalue weighted by Gasteiger charge is -2.13. The standard InChI is InChI=1S/C17H29N3O/c1-5-18-17(20-14(2)3)19-12-6-7-13-21-16-10-8-15(4)9-11-16/h8-11,14H,5-7,12-13H2,1-4H3,(H2,18,19,20). The van der Waals surface area contributed by atoms with Crippen LogP contribution in [0.5, 0.6) is 5.75 Å². The van der Waals surface area contributed by atoms with Gasteiger partial charge in [-0.15, -0.1) is 0 Å². The molecular formula is C17H29N3O. The minimum Gasteiger partial charge on any atom is -0.494 e. The van der Waals surface area contributed by atoms with E-state index in [-0.39, 0.29) is 0 Å². The first-order chi connectivity index (χ1) is 10.1. The van der Waals surface area contributed by atoms with Crippen molar-refractivity contribution in [1.29, 1.82) is 0 Å². The number of aryl methyl sites for hydroxylation is 1. The second kappa shape index (κ2) is 10.1. The lowest BCUT2D eigenvalue weighted by atomic mass is 10.2. The fourth-order valence-electron chi connectivity index (χ4n) is 1.82. The predicted octanol–water partition coefficient (Wildman–Crippen LogP) is 3.12. The molecule has 4 nitrogen and oxygen atoms in total. The third-order valence-electron chi connectivity index (χ3n) is 2.88. The number of nitrogens with one attached hydrogen (secondary N) is 2. The third kappa shape index (κ3) is 8.23. The van der Waals surface area contributed by atoms with Crippen molar-refractivity contribution in [2.45, 2.75) is 46.6 Å². The maximum atomic E-state index is 5.70. The molecule has 118 valence electrons. The zero-order chi connectivity index (χ0) is 15.5. The molecule has 4 heteroatoms. The van der Waals surface area contributed by atoms with E-state index in [9.17, 15) is 0 Å². The van der Waals surface area contributed by atoms with Crippen LogP contribution in [0.4, 0.5) is 0 Å². The highest BCUT2D eigenvalue weighted by Gasteiger charge is 1.99. The molecule has 1 aromatic carbocycles. The molecule has 0 aliphatic rings. The van der Waals surface area contributed by atoms with Crippen molar-refractivity contribution in [3.8, 4) is 5.75 Å². The number of guanidine groups is 1. The minimum absolute atomic E-state index is 0.396. The SMILES string of the molecule is CCNC(=NCCCCOc1ccc(C)cc1)NC(C)C.